The second-order valence-corrected chi connectivity index (χ2v) is 8.94. The standard InChI is InChI=1S/C28H31F2N3O2/c1-2-31-27-25-17-24(30)13-10-22(25)19-32(26(27)16-20-8-11-23(29)12-9-20)14-15-33(28(34)35)18-21-6-4-3-5-7-21/h3-13,17,26-27,31H,2,14-16,18-19H2,1H3,(H,34,35). The van der Waals surface area contributed by atoms with E-state index in [2.05, 4.69) is 10.2 Å². The van der Waals surface area contributed by atoms with Crippen molar-refractivity contribution >= 4 is 6.09 Å². The van der Waals surface area contributed by atoms with Crippen molar-refractivity contribution in [3.63, 3.8) is 0 Å². The highest BCUT2D eigenvalue weighted by Gasteiger charge is 2.35. The van der Waals surface area contributed by atoms with Crippen LogP contribution in [0.3, 0.4) is 0 Å². The molecule has 1 aliphatic heterocycles. The maximum absolute atomic E-state index is 14.2. The Balaban J connectivity index is 1.60. The number of likely N-dealkylation sites (N-methyl/N-ethyl adjacent to an activating group) is 1. The van der Waals surface area contributed by atoms with Crippen LogP contribution in [0.2, 0.25) is 0 Å². The molecule has 35 heavy (non-hydrogen) atoms. The third kappa shape index (κ3) is 6.24. The average Bonchev–Trinajstić information content (AvgIpc) is 2.85. The summed E-state index contributed by atoms with van der Waals surface area (Å²) in [6.45, 7) is 4.46. The van der Waals surface area contributed by atoms with E-state index in [9.17, 15) is 18.7 Å². The van der Waals surface area contributed by atoms with Gasteiger partial charge in [-0.2, -0.15) is 0 Å². The molecule has 3 aromatic carbocycles. The van der Waals surface area contributed by atoms with Crippen molar-refractivity contribution in [3.8, 4) is 0 Å². The molecule has 2 unspecified atom stereocenters. The first kappa shape index (κ1) is 24.8. The van der Waals surface area contributed by atoms with Gasteiger partial charge in [-0.3, -0.25) is 4.90 Å². The molecule has 1 amide bonds. The van der Waals surface area contributed by atoms with Gasteiger partial charge in [-0.25, -0.2) is 13.6 Å². The lowest BCUT2D eigenvalue weighted by atomic mass is 9.85. The van der Waals surface area contributed by atoms with Crippen LogP contribution in [0.1, 0.15) is 35.2 Å². The van der Waals surface area contributed by atoms with Gasteiger partial charge < -0.3 is 15.3 Å². The van der Waals surface area contributed by atoms with Crippen LogP contribution in [0.15, 0.2) is 72.8 Å². The van der Waals surface area contributed by atoms with Gasteiger partial charge in [0.2, 0.25) is 0 Å². The number of hydrogen-bond acceptors (Lipinski definition) is 3. The van der Waals surface area contributed by atoms with E-state index in [-0.39, 0.29) is 23.7 Å². The SMILES string of the molecule is CCNC1c2cc(F)ccc2CN(CCN(Cc2ccccc2)C(=O)O)C1Cc1ccc(F)cc1. The minimum atomic E-state index is -0.966. The van der Waals surface area contributed by atoms with Gasteiger partial charge in [-0.15, -0.1) is 0 Å². The van der Waals surface area contributed by atoms with E-state index < -0.39 is 6.09 Å². The highest BCUT2D eigenvalue weighted by molar-refractivity contribution is 5.65. The molecular weight excluding hydrogens is 448 g/mol. The average molecular weight is 480 g/mol. The molecule has 0 fully saturated rings. The molecule has 0 saturated heterocycles. The first-order valence-corrected chi connectivity index (χ1v) is 12.0. The van der Waals surface area contributed by atoms with Gasteiger partial charge >= 0.3 is 6.09 Å². The third-order valence-electron chi connectivity index (χ3n) is 6.60. The fourth-order valence-corrected chi connectivity index (χ4v) is 4.87. The van der Waals surface area contributed by atoms with Crippen LogP contribution in [-0.2, 0) is 19.5 Å². The second kappa shape index (κ2) is 11.4. The normalized spacial score (nSPS) is 17.7. The van der Waals surface area contributed by atoms with Gasteiger partial charge in [0.25, 0.3) is 0 Å². The summed E-state index contributed by atoms with van der Waals surface area (Å²) in [5.74, 6) is -0.566. The summed E-state index contributed by atoms with van der Waals surface area (Å²) in [6, 6.07) is 20.7. The summed E-state index contributed by atoms with van der Waals surface area (Å²) in [5, 5.41) is 13.4. The first-order valence-electron chi connectivity index (χ1n) is 12.0. The zero-order chi connectivity index (χ0) is 24.8. The number of hydrogen-bond donors (Lipinski definition) is 2. The molecule has 1 aliphatic rings. The van der Waals surface area contributed by atoms with E-state index >= 15 is 0 Å². The minimum Gasteiger partial charge on any atom is -0.465 e. The molecule has 0 saturated carbocycles. The molecule has 2 N–H and O–H groups in total. The highest BCUT2D eigenvalue weighted by Crippen LogP contribution is 2.34. The molecule has 3 aromatic rings. The second-order valence-electron chi connectivity index (χ2n) is 8.94. The predicted molar refractivity (Wildman–Crippen MR) is 132 cm³/mol. The lowest BCUT2D eigenvalue weighted by Gasteiger charge is -2.43. The van der Waals surface area contributed by atoms with Gasteiger partial charge in [0, 0.05) is 38.3 Å². The first-order chi connectivity index (χ1) is 16.9. The third-order valence-corrected chi connectivity index (χ3v) is 6.60. The van der Waals surface area contributed by atoms with E-state index in [1.165, 1.54) is 23.1 Å². The summed E-state index contributed by atoms with van der Waals surface area (Å²) in [7, 11) is 0. The molecule has 0 aromatic heterocycles. The van der Waals surface area contributed by atoms with Crippen molar-refractivity contribution in [3.05, 3.63) is 107 Å². The summed E-state index contributed by atoms with van der Waals surface area (Å²) < 4.78 is 27.7. The molecule has 0 aliphatic carbocycles. The van der Waals surface area contributed by atoms with E-state index in [0.717, 1.165) is 22.3 Å². The summed E-state index contributed by atoms with van der Waals surface area (Å²) in [4.78, 5) is 15.7. The Labute approximate surface area is 205 Å². The predicted octanol–water partition coefficient (Wildman–Crippen LogP) is 5.22. The Morgan fingerprint density at radius 1 is 1.03 bits per heavy atom. The van der Waals surface area contributed by atoms with Gasteiger partial charge in [0.1, 0.15) is 11.6 Å². The number of nitrogens with zero attached hydrogens (tertiary/aromatic N) is 2. The quantitative estimate of drug-likeness (QED) is 0.442. The maximum Gasteiger partial charge on any atom is 0.407 e. The van der Waals surface area contributed by atoms with E-state index in [4.69, 9.17) is 0 Å². The lowest BCUT2D eigenvalue weighted by molar-refractivity contribution is 0.0998. The number of nitrogens with one attached hydrogen (secondary N) is 1. The van der Waals surface area contributed by atoms with Crippen LogP contribution < -0.4 is 5.32 Å². The fraction of sp³-hybridized carbons (Fsp3) is 0.321. The molecule has 0 bridgehead atoms. The Kier molecular flexibility index (Phi) is 8.10. The highest BCUT2D eigenvalue weighted by atomic mass is 19.1. The Morgan fingerprint density at radius 2 is 1.74 bits per heavy atom. The fourth-order valence-electron chi connectivity index (χ4n) is 4.87. The van der Waals surface area contributed by atoms with Gasteiger partial charge in [0.15, 0.2) is 0 Å². The largest absolute Gasteiger partial charge is 0.465 e. The molecule has 2 atom stereocenters. The molecule has 0 spiro atoms. The number of benzene rings is 3. The molecule has 0 radical (unpaired) electrons. The molecule has 5 nitrogen and oxygen atoms in total. The van der Waals surface area contributed by atoms with Crippen molar-refractivity contribution in [2.45, 2.75) is 38.5 Å². The van der Waals surface area contributed by atoms with Crippen molar-refractivity contribution < 1.29 is 18.7 Å². The van der Waals surface area contributed by atoms with Gasteiger partial charge in [-0.05, 0) is 59.5 Å². The van der Waals surface area contributed by atoms with Gasteiger partial charge in [0.05, 0.1) is 0 Å². The Hall–Kier alpha value is -3.29. The van der Waals surface area contributed by atoms with Crippen LogP contribution in [0.5, 0.6) is 0 Å². The minimum absolute atomic E-state index is 0.0536. The molecule has 1 heterocycles. The number of fused-ring (bicyclic) bond motifs is 1. The molecule has 4 rings (SSSR count). The smallest absolute Gasteiger partial charge is 0.407 e. The van der Waals surface area contributed by atoms with E-state index in [0.29, 0.717) is 39.1 Å². The Bertz CT molecular complexity index is 1120. The van der Waals surface area contributed by atoms with Crippen molar-refractivity contribution in [1.29, 1.82) is 0 Å². The number of rotatable bonds is 9. The van der Waals surface area contributed by atoms with E-state index in [1.807, 2.05) is 43.3 Å². The van der Waals surface area contributed by atoms with Crippen molar-refractivity contribution in [2.24, 2.45) is 0 Å². The van der Waals surface area contributed by atoms with Gasteiger partial charge in [-0.1, -0.05) is 55.5 Å². The van der Waals surface area contributed by atoms with Crippen LogP contribution in [0.25, 0.3) is 0 Å². The van der Waals surface area contributed by atoms with Crippen LogP contribution >= 0.6 is 0 Å². The number of halogens is 2. The molecule has 7 heteroatoms. The van der Waals surface area contributed by atoms with Crippen LogP contribution in [0, 0.1) is 11.6 Å². The monoisotopic (exact) mass is 479 g/mol. The summed E-state index contributed by atoms with van der Waals surface area (Å²) in [5.41, 5.74) is 3.86. The summed E-state index contributed by atoms with van der Waals surface area (Å²) >= 11 is 0. The number of amides is 1. The Morgan fingerprint density at radius 3 is 2.43 bits per heavy atom. The number of carboxylic acid groups (broad SMARTS) is 1. The van der Waals surface area contributed by atoms with Crippen molar-refractivity contribution in [1.82, 2.24) is 15.1 Å². The molecule has 184 valence electrons. The zero-order valence-corrected chi connectivity index (χ0v) is 19.8. The summed E-state index contributed by atoms with van der Waals surface area (Å²) in [6.07, 6.45) is -0.341. The maximum atomic E-state index is 14.2. The van der Waals surface area contributed by atoms with E-state index in [1.54, 1.807) is 18.2 Å². The topological polar surface area (TPSA) is 55.8 Å². The van der Waals surface area contributed by atoms with Crippen molar-refractivity contribution in [2.75, 3.05) is 19.6 Å². The molecular formula is C28H31F2N3O2. The zero-order valence-electron chi connectivity index (χ0n) is 19.8. The van der Waals surface area contributed by atoms with Crippen LogP contribution in [-0.4, -0.2) is 46.7 Å². The van der Waals surface area contributed by atoms with Crippen LogP contribution in [0.4, 0.5) is 13.6 Å². The number of carbonyl (C=O) groups is 1. The lowest BCUT2D eigenvalue weighted by Crippen LogP contribution is -2.51.